The maximum atomic E-state index is 10.5. The number of hydrogen-bond acceptors (Lipinski definition) is 3. The molecule has 0 bridgehead atoms. The fourth-order valence-corrected chi connectivity index (χ4v) is 1.67. The molecule has 6 heteroatoms. The van der Waals surface area contributed by atoms with Crippen LogP contribution < -0.4 is 9.47 Å². The van der Waals surface area contributed by atoms with E-state index >= 15 is 0 Å². The Morgan fingerprint density at radius 1 is 1.31 bits per heavy atom. The smallest absolute Gasteiger partial charge is 0.303 e. The second kappa shape index (κ2) is 3.77. The molecule has 4 nitrogen and oxygen atoms in total. The van der Waals surface area contributed by atoms with Crippen LogP contribution in [-0.2, 0) is 11.2 Å². The van der Waals surface area contributed by atoms with Crippen molar-refractivity contribution < 1.29 is 19.4 Å². The van der Waals surface area contributed by atoms with E-state index < -0.39 is 11.6 Å². The lowest BCUT2D eigenvalue weighted by Crippen LogP contribution is -2.39. The maximum absolute atomic E-state index is 10.5. The van der Waals surface area contributed by atoms with Gasteiger partial charge >= 0.3 is 5.97 Å². The molecule has 0 unspecified atom stereocenters. The highest BCUT2D eigenvalue weighted by atomic mass is 16.7. The minimum Gasteiger partial charge on any atom is -0.481 e. The minimum atomic E-state index is -0.794. The first-order valence-corrected chi connectivity index (χ1v) is 5.19. The third kappa shape index (κ3) is 2.32. The third-order valence-electron chi connectivity index (χ3n) is 2.35. The van der Waals surface area contributed by atoms with E-state index in [-0.39, 0.29) is 6.42 Å². The highest BCUT2D eigenvalue weighted by Gasteiger charge is 2.30. The molecule has 0 aliphatic carbocycles. The van der Waals surface area contributed by atoms with Crippen molar-refractivity contribution in [1.82, 2.24) is 0 Å². The van der Waals surface area contributed by atoms with Gasteiger partial charge in [-0.3, -0.25) is 4.79 Å². The van der Waals surface area contributed by atoms with Crippen molar-refractivity contribution in [3.05, 3.63) is 23.8 Å². The van der Waals surface area contributed by atoms with E-state index in [9.17, 15) is 4.79 Å². The largest absolute Gasteiger partial charge is 0.481 e. The third-order valence-corrected chi connectivity index (χ3v) is 2.35. The minimum absolute atomic E-state index is 0.128. The van der Waals surface area contributed by atoms with E-state index in [2.05, 4.69) is 0 Å². The van der Waals surface area contributed by atoms with Gasteiger partial charge < -0.3 is 14.6 Å². The Bertz CT molecular complexity index is 431. The Balaban J connectivity index is 2.13. The molecule has 1 N–H and O–H groups in total. The molecule has 1 aromatic carbocycles. The summed E-state index contributed by atoms with van der Waals surface area (Å²) in [7, 11) is 3.67. The van der Waals surface area contributed by atoms with Crippen LogP contribution in [0, 0.1) is 0 Å². The standard InChI is InChI=1S/C10H12B2O4/c11-10(12)15-7-3-1-6(2-4-9(13)14)5-8(7)16-10/h1,3,5H,2,4,11-12H2,(H,13,14). The van der Waals surface area contributed by atoms with Crippen LogP contribution in [0.15, 0.2) is 18.2 Å². The molecular formula is C10H12B2O4. The first-order chi connectivity index (χ1) is 7.46. The van der Waals surface area contributed by atoms with E-state index in [4.69, 9.17) is 14.6 Å². The first kappa shape index (κ1) is 10.9. The number of carbonyl (C=O) groups is 1. The van der Waals surface area contributed by atoms with Crippen molar-refractivity contribution in [2.24, 2.45) is 0 Å². The highest BCUT2D eigenvalue weighted by molar-refractivity contribution is 6.38. The lowest BCUT2D eigenvalue weighted by molar-refractivity contribution is -0.136. The summed E-state index contributed by atoms with van der Waals surface area (Å²) in [4.78, 5) is 10.5. The van der Waals surface area contributed by atoms with E-state index in [1.54, 1.807) is 0 Å². The monoisotopic (exact) mass is 218 g/mol. The molecule has 0 fully saturated rings. The predicted molar refractivity (Wildman–Crippen MR) is 63.5 cm³/mol. The molecule has 1 heterocycles. The zero-order valence-electron chi connectivity index (χ0n) is 9.32. The summed E-state index contributed by atoms with van der Waals surface area (Å²) in [5, 5.41) is 8.60. The van der Waals surface area contributed by atoms with E-state index in [1.807, 2.05) is 33.9 Å². The van der Waals surface area contributed by atoms with Crippen molar-refractivity contribution in [3.8, 4) is 11.5 Å². The van der Waals surface area contributed by atoms with Gasteiger partial charge in [-0.2, -0.15) is 0 Å². The molecular weight excluding hydrogens is 206 g/mol. The molecule has 1 aliphatic heterocycles. The van der Waals surface area contributed by atoms with Crippen LogP contribution in [0.25, 0.3) is 0 Å². The lowest BCUT2D eigenvalue weighted by atomic mass is 9.76. The molecule has 0 saturated heterocycles. The summed E-state index contributed by atoms with van der Waals surface area (Å²) in [6, 6.07) is 5.53. The average molecular weight is 218 g/mol. The molecule has 0 spiro atoms. The Labute approximate surface area is 95.4 Å². The van der Waals surface area contributed by atoms with E-state index in [1.165, 1.54) is 0 Å². The Morgan fingerprint density at radius 3 is 2.69 bits per heavy atom. The molecule has 1 aromatic rings. The number of fused-ring (bicyclic) bond motifs is 1. The molecule has 1 aliphatic rings. The number of hydrogen-bond donors (Lipinski definition) is 1. The zero-order chi connectivity index (χ0) is 11.8. The van der Waals surface area contributed by atoms with Gasteiger partial charge in [0.25, 0.3) is 0 Å². The molecule has 0 amide bonds. The number of aryl methyl sites for hydroxylation is 1. The molecule has 0 atom stereocenters. The number of aliphatic carboxylic acids is 1. The van der Waals surface area contributed by atoms with Crippen molar-refractivity contribution in [1.29, 1.82) is 0 Å². The van der Waals surface area contributed by atoms with Crippen LogP contribution in [-0.4, -0.2) is 32.4 Å². The molecule has 0 radical (unpaired) electrons. The molecule has 2 rings (SSSR count). The zero-order valence-corrected chi connectivity index (χ0v) is 9.32. The van der Waals surface area contributed by atoms with Gasteiger partial charge in [0.1, 0.15) is 0 Å². The Kier molecular flexibility index (Phi) is 2.58. The van der Waals surface area contributed by atoms with E-state index in [0.29, 0.717) is 17.9 Å². The van der Waals surface area contributed by atoms with Crippen LogP contribution >= 0.6 is 0 Å². The Hall–Kier alpha value is -1.58. The SMILES string of the molecule is BC1(B)Oc2ccc(CCC(=O)O)cc2O1. The quantitative estimate of drug-likeness (QED) is 0.685. The molecule has 16 heavy (non-hydrogen) atoms. The Morgan fingerprint density at radius 2 is 2.00 bits per heavy atom. The summed E-state index contributed by atoms with van der Waals surface area (Å²) in [5.41, 5.74) is 0.316. The van der Waals surface area contributed by atoms with Gasteiger partial charge in [-0.05, 0) is 24.1 Å². The topological polar surface area (TPSA) is 55.8 Å². The molecule has 0 saturated carbocycles. The fourth-order valence-electron chi connectivity index (χ4n) is 1.67. The lowest BCUT2D eigenvalue weighted by Gasteiger charge is -2.17. The van der Waals surface area contributed by atoms with Gasteiger partial charge in [-0.1, -0.05) is 6.07 Å². The number of rotatable bonds is 3. The summed E-state index contributed by atoms with van der Waals surface area (Å²) in [6.45, 7) is 0. The first-order valence-electron chi connectivity index (χ1n) is 5.19. The summed E-state index contributed by atoms with van der Waals surface area (Å²) in [6.07, 6.45) is 0.634. The second-order valence-electron chi connectivity index (χ2n) is 4.28. The van der Waals surface area contributed by atoms with Crippen molar-refractivity contribution in [2.75, 3.05) is 0 Å². The average Bonchev–Trinajstić information content (AvgIpc) is 2.47. The summed E-state index contributed by atoms with van der Waals surface area (Å²) in [5.74, 6) is 0.606. The summed E-state index contributed by atoms with van der Waals surface area (Å²) < 4.78 is 11.1. The van der Waals surface area contributed by atoms with Crippen LogP contribution in [0.1, 0.15) is 12.0 Å². The number of benzene rings is 1. The van der Waals surface area contributed by atoms with Crippen LogP contribution in [0.3, 0.4) is 0 Å². The van der Waals surface area contributed by atoms with Gasteiger partial charge in [-0.15, -0.1) is 0 Å². The molecule has 0 aromatic heterocycles. The van der Waals surface area contributed by atoms with Gasteiger partial charge in [0.15, 0.2) is 32.8 Å². The summed E-state index contributed by atoms with van der Waals surface area (Å²) >= 11 is 0. The van der Waals surface area contributed by atoms with Crippen molar-refractivity contribution in [3.63, 3.8) is 0 Å². The second-order valence-corrected chi connectivity index (χ2v) is 4.28. The van der Waals surface area contributed by atoms with Crippen molar-refractivity contribution >= 4 is 21.7 Å². The predicted octanol–water partition coefficient (Wildman–Crippen LogP) is -0.648. The van der Waals surface area contributed by atoms with Gasteiger partial charge in [0.2, 0.25) is 0 Å². The number of carboxylic acid groups (broad SMARTS) is 1. The highest BCUT2D eigenvalue weighted by Crippen LogP contribution is 2.37. The van der Waals surface area contributed by atoms with Gasteiger partial charge in [0, 0.05) is 6.42 Å². The van der Waals surface area contributed by atoms with Gasteiger partial charge in [0.05, 0.1) is 0 Å². The molecule has 82 valence electrons. The van der Waals surface area contributed by atoms with Gasteiger partial charge in [-0.25, -0.2) is 0 Å². The normalized spacial score (nSPS) is 16.0. The fraction of sp³-hybridized carbons (Fsp3) is 0.300. The van der Waals surface area contributed by atoms with Crippen LogP contribution in [0.5, 0.6) is 11.5 Å². The van der Waals surface area contributed by atoms with Crippen LogP contribution in [0.2, 0.25) is 0 Å². The van der Waals surface area contributed by atoms with E-state index in [0.717, 1.165) is 5.56 Å². The number of ether oxygens (including phenoxy) is 2. The maximum Gasteiger partial charge on any atom is 0.303 e. The van der Waals surface area contributed by atoms with Crippen LogP contribution in [0.4, 0.5) is 0 Å². The van der Waals surface area contributed by atoms with Crippen molar-refractivity contribution in [2.45, 2.75) is 18.4 Å². The number of carboxylic acids is 1.